The van der Waals surface area contributed by atoms with Crippen molar-refractivity contribution < 1.29 is 8.42 Å². The van der Waals surface area contributed by atoms with E-state index in [0.29, 0.717) is 5.82 Å². The van der Waals surface area contributed by atoms with E-state index in [0.717, 1.165) is 5.69 Å². The number of halogens is 1. The molecule has 0 aliphatic carbocycles. The summed E-state index contributed by atoms with van der Waals surface area (Å²) < 4.78 is 24.3. The van der Waals surface area contributed by atoms with E-state index < -0.39 is 9.05 Å². The predicted octanol–water partition coefficient (Wildman–Crippen LogP) is 2.49. The normalized spacial score (nSPS) is 12.6. The fourth-order valence-corrected chi connectivity index (χ4v) is 2.20. The number of nitrogens with zero attached hydrogens (tertiary/aromatic N) is 3. The van der Waals surface area contributed by atoms with Gasteiger partial charge in [-0.1, -0.05) is 39.0 Å². The van der Waals surface area contributed by atoms with E-state index in [1.54, 1.807) is 0 Å². The van der Waals surface area contributed by atoms with E-state index in [2.05, 4.69) is 10.1 Å². The van der Waals surface area contributed by atoms with Crippen molar-refractivity contribution in [2.75, 3.05) is 0 Å². The lowest BCUT2D eigenvalue weighted by molar-refractivity contribution is 0.526. The molecule has 2 aromatic rings. The monoisotopic (exact) mass is 299 g/mol. The van der Waals surface area contributed by atoms with Crippen molar-refractivity contribution in [3.8, 4) is 5.69 Å². The molecular formula is C12H14ClN3O2S. The fraction of sp³-hybridized carbons (Fsp3) is 0.333. The lowest BCUT2D eigenvalue weighted by Gasteiger charge is -2.18. The van der Waals surface area contributed by atoms with Crippen LogP contribution < -0.4 is 0 Å². The minimum Gasteiger partial charge on any atom is -0.216 e. The van der Waals surface area contributed by atoms with Gasteiger partial charge >= 0.3 is 0 Å². The van der Waals surface area contributed by atoms with Crippen LogP contribution in [0.15, 0.2) is 35.5 Å². The Morgan fingerprint density at radius 2 is 1.74 bits per heavy atom. The quantitative estimate of drug-likeness (QED) is 0.799. The first kappa shape index (κ1) is 14.0. The summed E-state index contributed by atoms with van der Waals surface area (Å²) >= 11 is 0. The molecule has 0 aliphatic heterocycles. The molecule has 0 spiro atoms. The average Bonchev–Trinajstić information content (AvgIpc) is 2.74. The van der Waals surface area contributed by atoms with E-state index in [1.807, 2.05) is 51.1 Å². The molecule has 0 atom stereocenters. The highest BCUT2D eigenvalue weighted by Crippen LogP contribution is 2.25. The molecule has 0 N–H and O–H groups in total. The van der Waals surface area contributed by atoms with Crippen molar-refractivity contribution >= 4 is 19.7 Å². The Balaban J connectivity index is 2.70. The first-order valence-electron chi connectivity index (χ1n) is 5.67. The Hall–Kier alpha value is -1.40. The number of hydrogen-bond acceptors (Lipinski definition) is 4. The van der Waals surface area contributed by atoms with Gasteiger partial charge in [0.15, 0.2) is 0 Å². The van der Waals surface area contributed by atoms with Crippen LogP contribution in [-0.4, -0.2) is 23.2 Å². The molecule has 2 rings (SSSR count). The molecule has 0 bridgehead atoms. The molecule has 0 saturated heterocycles. The van der Waals surface area contributed by atoms with Gasteiger partial charge < -0.3 is 0 Å². The van der Waals surface area contributed by atoms with Crippen molar-refractivity contribution in [2.24, 2.45) is 0 Å². The molecule has 0 fully saturated rings. The number of hydrogen-bond donors (Lipinski definition) is 0. The highest BCUT2D eigenvalue weighted by Gasteiger charge is 2.27. The summed E-state index contributed by atoms with van der Waals surface area (Å²) in [6.45, 7) is 5.79. The molecule has 102 valence electrons. The van der Waals surface area contributed by atoms with Gasteiger partial charge in [0.25, 0.3) is 14.2 Å². The summed E-state index contributed by atoms with van der Waals surface area (Å²) in [7, 11) is 1.37. The highest BCUT2D eigenvalue weighted by molar-refractivity contribution is 8.13. The van der Waals surface area contributed by atoms with Crippen LogP contribution in [0.5, 0.6) is 0 Å². The first-order chi connectivity index (χ1) is 8.69. The molecule has 0 aliphatic rings. The third-order valence-corrected chi connectivity index (χ3v) is 3.50. The van der Waals surface area contributed by atoms with E-state index in [1.165, 1.54) is 4.68 Å². The Morgan fingerprint density at radius 1 is 1.16 bits per heavy atom. The van der Waals surface area contributed by atoms with Crippen LogP contribution in [0.25, 0.3) is 5.69 Å². The third-order valence-electron chi connectivity index (χ3n) is 2.48. The van der Waals surface area contributed by atoms with Crippen LogP contribution in [0.3, 0.4) is 0 Å². The average molecular weight is 300 g/mol. The van der Waals surface area contributed by atoms with Gasteiger partial charge in [-0.3, -0.25) is 0 Å². The molecule has 0 saturated carbocycles. The van der Waals surface area contributed by atoms with Crippen molar-refractivity contribution in [3.05, 3.63) is 36.2 Å². The molecule has 0 radical (unpaired) electrons. The Kier molecular flexibility index (Phi) is 3.40. The lowest BCUT2D eigenvalue weighted by Crippen LogP contribution is -2.18. The molecule has 0 amide bonds. The maximum Gasteiger partial charge on any atom is 0.298 e. The zero-order chi connectivity index (χ0) is 14.3. The number of rotatable bonds is 2. The predicted molar refractivity (Wildman–Crippen MR) is 73.1 cm³/mol. The Labute approximate surface area is 116 Å². The van der Waals surface area contributed by atoms with Gasteiger partial charge in [-0.2, -0.15) is 4.98 Å². The first-order valence-corrected chi connectivity index (χ1v) is 7.98. The number of aromatic nitrogens is 3. The largest absolute Gasteiger partial charge is 0.298 e. The number of benzene rings is 1. The Morgan fingerprint density at radius 3 is 2.21 bits per heavy atom. The highest BCUT2D eigenvalue weighted by atomic mass is 35.7. The fourth-order valence-electron chi connectivity index (χ4n) is 1.63. The summed E-state index contributed by atoms with van der Waals surface area (Å²) in [4.78, 5) is 4.06. The van der Waals surface area contributed by atoms with Crippen molar-refractivity contribution in [3.63, 3.8) is 0 Å². The molecule has 1 aromatic heterocycles. The lowest BCUT2D eigenvalue weighted by atomic mass is 9.95. The molecule has 7 heteroatoms. The smallest absolute Gasteiger partial charge is 0.216 e. The van der Waals surface area contributed by atoms with Gasteiger partial charge in [0.1, 0.15) is 5.82 Å². The van der Waals surface area contributed by atoms with Crippen LogP contribution in [0.2, 0.25) is 0 Å². The summed E-state index contributed by atoms with van der Waals surface area (Å²) in [5, 5.41) is 3.63. The van der Waals surface area contributed by atoms with Gasteiger partial charge in [-0.05, 0) is 12.1 Å². The summed E-state index contributed by atoms with van der Waals surface area (Å²) in [6.07, 6.45) is 0. The molecule has 0 unspecified atom stereocenters. The second-order valence-corrected chi connectivity index (χ2v) is 7.61. The minimum atomic E-state index is -3.94. The van der Waals surface area contributed by atoms with Gasteiger partial charge in [0.2, 0.25) is 0 Å². The van der Waals surface area contributed by atoms with E-state index in [4.69, 9.17) is 10.7 Å². The van der Waals surface area contributed by atoms with Gasteiger partial charge in [-0.25, -0.2) is 13.1 Å². The number of para-hydroxylation sites is 1. The van der Waals surface area contributed by atoms with Crippen LogP contribution in [0.4, 0.5) is 0 Å². The standard InChI is InChI=1S/C12H14ClN3O2S/c1-12(2,3)10-14-11(19(13,17)18)15-16(10)9-7-5-4-6-8-9/h4-8H,1-3H3. The molecule has 19 heavy (non-hydrogen) atoms. The summed E-state index contributed by atoms with van der Waals surface area (Å²) in [5.74, 6) is 0.540. The van der Waals surface area contributed by atoms with Gasteiger partial charge in [0.05, 0.1) is 5.69 Å². The maximum atomic E-state index is 11.4. The van der Waals surface area contributed by atoms with Crippen molar-refractivity contribution in [2.45, 2.75) is 31.3 Å². The van der Waals surface area contributed by atoms with Crippen LogP contribution in [-0.2, 0) is 14.5 Å². The topological polar surface area (TPSA) is 64.8 Å². The van der Waals surface area contributed by atoms with E-state index in [9.17, 15) is 8.42 Å². The minimum absolute atomic E-state index is 0.358. The molecule has 1 aromatic carbocycles. The van der Waals surface area contributed by atoms with Gasteiger partial charge in [-0.15, -0.1) is 5.10 Å². The van der Waals surface area contributed by atoms with E-state index in [-0.39, 0.29) is 10.6 Å². The van der Waals surface area contributed by atoms with Crippen molar-refractivity contribution in [1.29, 1.82) is 0 Å². The Bertz CT molecular complexity index is 688. The summed E-state index contributed by atoms with van der Waals surface area (Å²) in [6, 6.07) is 9.22. The molecular weight excluding hydrogens is 286 g/mol. The molecule has 5 nitrogen and oxygen atoms in total. The van der Waals surface area contributed by atoms with Gasteiger partial charge in [0, 0.05) is 16.1 Å². The second-order valence-electron chi connectivity index (χ2n) is 5.15. The van der Waals surface area contributed by atoms with Crippen LogP contribution in [0, 0.1) is 0 Å². The third kappa shape index (κ3) is 2.96. The van der Waals surface area contributed by atoms with Crippen molar-refractivity contribution in [1.82, 2.24) is 14.8 Å². The SMILES string of the molecule is CC(C)(C)c1nc(S(=O)(=O)Cl)nn1-c1ccccc1. The summed E-state index contributed by atoms with van der Waals surface area (Å²) in [5.41, 5.74) is 0.384. The zero-order valence-electron chi connectivity index (χ0n) is 10.8. The zero-order valence-corrected chi connectivity index (χ0v) is 12.4. The molecule has 1 heterocycles. The van der Waals surface area contributed by atoms with E-state index >= 15 is 0 Å². The van der Waals surface area contributed by atoms with Crippen LogP contribution in [0.1, 0.15) is 26.6 Å². The second kappa shape index (κ2) is 4.61. The van der Waals surface area contributed by atoms with Crippen LogP contribution >= 0.6 is 10.7 Å². The maximum absolute atomic E-state index is 11.4.